The minimum Gasteiger partial charge on any atom is -0.741 e. The number of alkyl halides is 3. The smallest absolute Gasteiger partial charge is 0.485 e. The summed E-state index contributed by atoms with van der Waals surface area (Å²) in [6, 6.07) is 10.9. The van der Waals surface area contributed by atoms with Crippen LogP contribution < -0.4 is 4.57 Å². The number of fused-ring (bicyclic) bond motifs is 2. The summed E-state index contributed by atoms with van der Waals surface area (Å²) in [5.74, 6) is 2.79. The van der Waals surface area contributed by atoms with E-state index >= 15 is 0 Å². The molecule has 4 nitrogen and oxygen atoms in total. The molecule has 1 heterocycles. The van der Waals surface area contributed by atoms with Crippen molar-refractivity contribution < 1.29 is 30.7 Å². The van der Waals surface area contributed by atoms with E-state index in [1.165, 1.54) is 47.8 Å². The van der Waals surface area contributed by atoms with Crippen LogP contribution in [0.15, 0.2) is 30.3 Å². The molecule has 134 valence electrons. The third kappa shape index (κ3) is 4.50. The Morgan fingerprint density at radius 2 is 1.80 bits per heavy atom. The Morgan fingerprint density at radius 1 is 1.20 bits per heavy atom. The summed E-state index contributed by atoms with van der Waals surface area (Å²) in [4.78, 5) is 0. The van der Waals surface area contributed by atoms with Gasteiger partial charge in [0.15, 0.2) is 15.8 Å². The maximum Gasteiger partial charge on any atom is 0.485 e. The highest BCUT2D eigenvalue weighted by atomic mass is 32.2. The number of pyridine rings is 1. The van der Waals surface area contributed by atoms with Crippen LogP contribution in [0.5, 0.6) is 0 Å². The lowest BCUT2D eigenvalue weighted by molar-refractivity contribution is -0.667. The number of nitrogens with zero attached hydrogens (tertiary/aromatic N) is 1. The quantitative estimate of drug-likeness (QED) is 0.335. The zero-order valence-electron chi connectivity index (χ0n) is 13.2. The average molecular weight is 371 g/mol. The van der Waals surface area contributed by atoms with E-state index in [0.29, 0.717) is 6.54 Å². The van der Waals surface area contributed by atoms with Gasteiger partial charge >= 0.3 is 5.51 Å². The predicted octanol–water partition coefficient (Wildman–Crippen LogP) is 2.69. The molecule has 0 bridgehead atoms. The number of rotatable bonds is 1. The largest absolute Gasteiger partial charge is 0.741 e. The van der Waals surface area contributed by atoms with E-state index in [4.69, 9.17) is 19.4 Å². The molecule has 0 unspecified atom stereocenters. The molecule has 0 radical (unpaired) electrons. The van der Waals surface area contributed by atoms with Crippen molar-refractivity contribution in [3.63, 3.8) is 0 Å². The van der Waals surface area contributed by atoms with Gasteiger partial charge in [-0.25, -0.2) is 8.42 Å². The first-order chi connectivity index (χ1) is 11.6. The number of aryl methyl sites for hydroxylation is 1. The second kappa shape index (κ2) is 7.42. The molecule has 25 heavy (non-hydrogen) atoms. The second-order valence-corrected chi connectivity index (χ2v) is 6.94. The molecule has 0 fully saturated rings. The monoisotopic (exact) mass is 371 g/mol. The molecular weight excluding hydrogens is 355 g/mol. The molecule has 1 aromatic heterocycles. The number of aromatic nitrogens is 1. The van der Waals surface area contributed by atoms with E-state index in [-0.39, 0.29) is 0 Å². The fourth-order valence-corrected chi connectivity index (χ4v) is 2.84. The lowest BCUT2D eigenvalue weighted by Gasteiger charge is -2.15. The first kappa shape index (κ1) is 19.2. The highest BCUT2D eigenvalue weighted by Gasteiger charge is 2.36. The molecule has 0 spiro atoms. The van der Waals surface area contributed by atoms with Gasteiger partial charge in [0.2, 0.25) is 12.1 Å². The van der Waals surface area contributed by atoms with Gasteiger partial charge in [-0.05, 0) is 37.3 Å². The SMILES string of the molecule is C#CC[n+]1c2c(cc3ccccc31)CCCC2.O=S(=O)([O-])C(F)(F)F. The molecule has 3 rings (SSSR count). The predicted molar refractivity (Wildman–Crippen MR) is 85.4 cm³/mol. The molecule has 0 atom stereocenters. The maximum absolute atomic E-state index is 10.7. The van der Waals surface area contributed by atoms with Crippen molar-refractivity contribution >= 4 is 21.0 Å². The molecule has 2 aromatic rings. The number of terminal acetylenes is 1. The lowest BCUT2D eigenvalue weighted by Crippen LogP contribution is -2.41. The van der Waals surface area contributed by atoms with Crippen molar-refractivity contribution in [1.29, 1.82) is 0 Å². The zero-order chi connectivity index (χ0) is 18.7. The third-order valence-corrected chi connectivity index (χ3v) is 4.46. The summed E-state index contributed by atoms with van der Waals surface area (Å²) in [5.41, 5.74) is -1.43. The molecule has 1 aromatic carbocycles. The van der Waals surface area contributed by atoms with Crippen LogP contribution in [-0.2, 0) is 29.5 Å². The first-order valence-electron chi connectivity index (χ1n) is 7.54. The van der Waals surface area contributed by atoms with Crippen molar-refractivity contribution in [3.8, 4) is 12.3 Å². The summed E-state index contributed by atoms with van der Waals surface area (Å²) in [5, 5.41) is 1.31. The Hall–Kier alpha value is -2.11. The van der Waals surface area contributed by atoms with Crippen LogP contribution in [0.3, 0.4) is 0 Å². The second-order valence-electron chi connectivity index (χ2n) is 5.57. The molecule has 0 saturated heterocycles. The van der Waals surface area contributed by atoms with Crippen LogP contribution in [-0.4, -0.2) is 18.5 Å². The van der Waals surface area contributed by atoms with E-state index in [1.54, 1.807) is 0 Å². The van der Waals surface area contributed by atoms with Crippen LogP contribution in [0, 0.1) is 12.3 Å². The van der Waals surface area contributed by atoms with Crippen molar-refractivity contribution in [2.45, 2.75) is 37.7 Å². The van der Waals surface area contributed by atoms with Gasteiger partial charge in [-0.3, -0.25) is 0 Å². The Bertz CT molecular complexity index is 915. The van der Waals surface area contributed by atoms with Gasteiger partial charge in [0.05, 0.1) is 0 Å². The summed E-state index contributed by atoms with van der Waals surface area (Å²) < 4.78 is 61.2. The number of halogens is 3. The van der Waals surface area contributed by atoms with Crippen molar-refractivity contribution in [2.24, 2.45) is 0 Å². The number of hydrogen-bond acceptors (Lipinski definition) is 3. The van der Waals surface area contributed by atoms with Crippen LogP contribution in [0.25, 0.3) is 10.9 Å². The Labute approximate surface area is 144 Å². The minimum atomic E-state index is -6.09. The summed E-state index contributed by atoms with van der Waals surface area (Å²) in [6.45, 7) is 0.684. The molecule has 8 heteroatoms. The van der Waals surface area contributed by atoms with Crippen LogP contribution >= 0.6 is 0 Å². The minimum absolute atomic E-state index is 0.684. The first-order valence-corrected chi connectivity index (χ1v) is 8.95. The fraction of sp³-hybridized carbons (Fsp3) is 0.353. The van der Waals surface area contributed by atoms with E-state index < -0.39 is 15.6 Å². The van der Waals surface area contributed by atoms with Gasteiger partial charge < -0.3 is 4.55 Å². The number of para-hydroxylation sites is 1. The Morgan fingerprint density at radius 3 is 2.40 bits per heavy atom. The maximum atomic E-state index is 10.7. The Kier molecular flexibility index (Phi) is 5.70. The van der Waals surface area contributed by atoms with E-state index in [0.717, 1.165) is 0 Å². The van der Waals surface area contributed by atoms with Gasteiger partial charge in [-0.2, -0.15) is 17.7 Å². The zero-order valence-corrected chi connectivity index (χ0v) is 14.0. The van der Waals surface area contributed by atoms with Crippen LogP contribution in [0.4, 0.5) is 13.2 Å². The summed E-state index contributed by atoms with van der Waals surface area (Å²) in [6.07, 6.45) is 10.5. The lowest BCUT2D eigenvalue weighted by atomic mass is 9.94. The number of benzene rings is 1. The van der Waals surface area contributed by atoms with E-state index in [9.17, 15) is 13.2 Å². The Balaban J connectivity index is 0.000000242. The highest BCUT2D eigenvalue weighted by molar-refractivity contribution is 7.86. The molecule has 0 N–H and O–H groups in total. The molecule has 1 aliphatic carbocycles. The van der Waals surface area contributed by atoms with Crippen molar-refractivity contribution in [2.75, 3.05) is 0 Å². The molecule has 0 amide bonds. The molecule has 0 saturated carbocycles. The standard InChI is InChI=1S/C16H16N.CHF3O3S/c1-2-11-17-15-9-5-3-7-13(15)12-14-8-4-6-10-16(14)17;2-1(3,4)8(5,6)7/h1,3,5,7,9,12H,4,6,8,10-11H2;(H,5,6,7)/q+1;/p-1. The molecule has 0 aliphatic heterocycles. The highest BCUT2D eigenvalue weighted by Crippen LogP contribution is 2.22. The van der Waals surface area contributed by atoms with Crippen molar-refractivity contribution in [1.82, 2.24) is 0 Å². The van der Waals surface area contributed by atoms with Gasteiger partial charge in [-0.15, -0.1) is 6.42 Å². The fourth-order valence-electron chi connectivity index (χ4n) is 2.84. The summed E-state index contributed by atoms with van der Waals surface area (Å²) >= 11 is 0. The average Bonchev–Trinajstić information content (AvgIpc) is 2.53. The number of hydrogen-bond donors (Lipinski definition) is 0. The topological polar surface area (TPSA) is 61.1 Å². The normalized spacial score (nSPS) is 14.2. The van der Waals surface area contributed by atoms with Gasteiger partial charge in [-0.1, -0.05) is 12.1 Å². The molecule has 1 aliphatic rings. The van der Waals surface area contributed by atoms with Gasteiger partial charge in [0.25, 0.3) is 0 Å². The van der Waals surface area contributed by atoms with Crippen LogP contribution in [0.2, 0.25) is 0 Å². The van der Waals surface area contributed by atoms with E-state index in [1.807, 2.05) is 0 Å². The summed E-state index contributed by atoms with van der Waals surface area (Å²) in [7, 11) is -6.09. The van der Waals surface area contributed by atoms with E-state index in [2.05, 4.69) is 40.8 Å². The molecular formula is C17H16F3NO3S. The van der Waals surface area contributed by atoms with Gasteiger partial charge in [0, 0.05) is 23.4 Å². The van der Waals surface area contributed by atoms with Crippen molar-refractivity contribution in [3.05, 3.63) is 41.6 Å². The third-order valence-electron chi connectivity index (χ3n) is 3.90. The van der Waals surface area contributed by atoms with Gasteiger partial charge in [0.1, 0.15) is 0 Å². The van der Waals surface area contributed by atoms with Crippen LogP contribution in [0.1, 0.15) is 24.1 Å².